The lowest BCUT2D eigenvalue weighted by atomic mass is 10.1. The van der Waals surface area contributed by atoms with Gasteiger partial charge in [0.25, 0.3) is 5.56 Å². The number of aromatic nitrogens is 4. The Balaban J connectivity index is 1.36. The molecular formula is C24H25N5O2. The molecule has 7 heteroatoms. The van der Waals surface area contributed by atoms with Gasteiger partial charge in [0.2, 0.25) is 5.91 Å². The maximum absolute atomic E-state index is 12.8. The lowest BCUT2D eigenvalue weighted by Gasteiger charge is -2.08. The zero-order valence-electron chi connectivity index (χ0n) is 17.5. The summed E-state index contributed by atoms with van der Waals surface area (Å²) in [6.45, 7) is 3.37. The Bertz CT molecular complexity index is 1240. The van der Waals surface area contributed by atoms with E-state index in [0.717, 1.165) is 16.7 Å². The van der Waals surface area contributed by atoms with Crippen LogP contribution in [0, 0.1) is 6.92 Å². The zero-order valence-corrected chi connectivity index (χ0v) is 17.5. The van der Waals surface area contributed by atoms with Gasteiger partial charge in [0.15, 0.2) is 5.65 Å². The van der Waals surface area contributed by atoms with Gasteiger partial charge in [0.05, 0.1) is 19.3 Å². The van der Waals surface area contributed by atoms with E-state index in [1.165, 1.54) is 0 Å². The average molecular weight is 415 g/mol. The first kappa shape index (κ1) is 20.5. The largest absolute Gasteiger partial charge is 0.354 e. The quantitative estimate of drug-likeness (QED) is 0.480. The molecule has 0 fully saturated rings. The lowest BCUT2D eigenvalue weighted by molar-refractivity contribution is -0.121. The van der Waals surface area contributed by atoms with Crippen molar-refractivity contribution in [3.63, 3.8) is 0 Å². The fourth-order valence-corrected chi connectivity index (χ4v) is 3.57. The molecule has 1 N–H and O–H groups in total. The second kappa shape index (κ2) is 9.38. The fourth-order valence-electron chi connectivity index (χ4n) is 3.57. The van der Waals surface area contributed by atoms with Crippen LogP contribution in [0.1, 0.15) is 23.1 Å². The molecule has 2 aromatic heterocycles. The molecule has 31 heavy (non-hydrogen) atoms. The van der Waals surface area contributed by atoms with Crippen LogP contribution in [0.5, 0.6) is 0 Å². The smallest absolute Gasteiger partial charge is 0.264 e. The summed E-state index contributed by atoms with van der Waals surface area (Å²) in [6, 6.07) is 18.0. The highest BCUT2D eigenvalue weighted by Gasteiger charge is 2.11. The predicted octanol–water partition coefficient (Wildman–Crippen LogP) is 2.70. The minimum Gasteiger partial charge on any atom is -0.354 e. The summed E-state index contributed by atoms with van der Waals surface area (Å²) in [5, 5.41) is 7.68. The maximum Gasteiger partial charge on any atom is 0.264 e. The van der Waals surface area contributed by atoms with E-state index >= 15 is 0 Å². The van der Waals surface area contributed by atoms with Gasteiger partial charge < -0.3 is 5.32 Å². The van der Waals surface area contributed by atoms with Crippen molar-refractivity contribution < 1.29 is 4.79 Å². The first-order chi connectivity index (χ1) is 15.1. The van der Waals surface area contributed by atoms with Crippen molar-refractivity contribution in [3.05, 3.63) is 94.2 Å². The van der Waals surface area contributed by atoms with Crippen molar-refractivity contribution in [2.75, 3.05) is 6.54 Å². The molecule has 0 aliphatic heterocycles. The van der Waals surface area contributed by atoms with Crippen LogP contribution in [0.4, 0.5) is 0 Å². The average Bonchev–Trinajstić information content (AvgIpc) is 3.19. The SMILES string of the molecule is Cc1cccc(Cn2cnc3c(cnn3CCNC(=O)CCc3ccccc3)c2=O)c1. The van der Waals surface area contributed by atoms with Crippen LogP contribution in [0.3, 0.4) is 0 Å². The number of nitrogens with zero attached hydrogens (tertiary/aromatic N) is 4. The molecule has 0 bridgehead atoms. The molecule has 0 unspecified atom stereocenters. The number of carbonyl (C=O) groups excluding carboxylic acids is 1. The molecule has 0 aliphatic rings. The minimum atomic E-state index is -0.121. The van der Waals surface area contributed by atoms with Crippen molar-refractivity contribution in [2.24, 2.45) is 0 Å². The Labute approximate surface area is 180 Å². The second-order valence-electron chi connectivity index (χ2n) is 7.61. The summed E-state index contributed by atoms with van der Waals surface area (Å²) < 4.78 is 3.25. The van der Waals surface area contributed by atoms with E-state index in [0.29, 0.717) is 43.5 Å². The van der Waals surface area contributed by atoms with Crippen molar-refractivity contribution in [1.82, 2.24) is 24.6 Å². The Hall–Kier alpha value is -3.74. The Kier molecular flexibility index (Phi) is 6.21. The summed E-state index contributed by atoms with van der Waals surface area (Å²) >= 11 is 0. The third-order valence-electron chi connectivity index (χ3n) is 5.19. The van der Waals surface area contributed by atoms with Gasteiger partial charge in [-0.2, -0.15) is 5.10 Å². The first-order valence-electron chi connectivity index (χ1n) is 10.4. The van der Waals surface area contributed by atoms with Crippen LogP contribution < -0.4 is 10.9 Å². The highest BCUT2D eigenvalue weighted by Crippen LogP contribution is 2.08. The molecule has 2 heterocycles. The van der Waals surface area contributed by atoms with Gasteiger partial charge in [-0.15, -0.1) is 0 Å². The van der Waals surface area contributed by atoms with Crippen LogP contribution in [-0.2, 0) is 24.3 Å². The molecule has 4 aromatic rings. The summed E-state index contributed by atoms with van der Waals surface area (Å²) in [7, 11) is 0. The van der Waals surface area contributed by atoms with Gasteiger partial charge in [-0.05, 0) is 24.5 Å². The lowest BCUT2D eigenvalue weighted by Crippen LogP contribution is -2.28. The molecule has 158 valence electrons. The first-order valence-corrected chi connectivity index (χ1v) is 10.4. The normalized spacial score (nSPS) is 11.0. The Morgan fingerprint density at radius 1 is 1.06 bits per heavy atom. The molecule has 0 saturated carbocycles. The summed E-state index contributed by atoms with van der Waals surface area (Å²) in [5.41, 5.74) is 3.75. The molecule has 0 saturated heterocycles. The number of hydrogen-bond acceptors (Lipinski definition) is 4. The molecule has 2 aromatic carbocycles. The van der Waals surface area contributed by atoms with Gasteiger partial charge in [-0.3, -0.25) is 14.2 Å². The predicted molar refractivity (Wildman–Crippen MR) is 120 cm³/mol. The van der Waals surface area contributed by atoms with Gasteiger partial charge in [0.1, 0.15) is 11.7 Å². The number of aryl methyl sites for hydroxylation is 2. The van der Waals surface area contributed by atoms with Crippen LogP contribution in [-0.4, -0.2) is 31.8 Å². The number of hydrogen-bond donors (Lipinski definition) is 1. The Morgan fingerprint density at radius 2 is 1.87 bits per heavy atom. The fraction of sp³-hybridized carbons (Fsp3) is 0.250. The van der Waals surface area contributed by atoms with Gasteiger partial charge >= 0.3 is 0 Å². The van der Waals surface area contributed by atoms with Crippen molar-refractivity contribution in [1.29, 1.82) is 0 Å². The number of fused-ring (bicyclic) bond motifs is 1. The van der Waals surface area contributed by atoms with Crippen LogP contribution >= 0.6 is 0 Å². The van der Waals surface area contributed by atoms with E-state index in [-0.39, 0.29) is 11.5 Å². The van der Waals surface area contributed by atoms with Crippen molar-refractivity contribution in [2.45, 2.75) is 32.9 Å². The molecule has 7 nitrogen and oxygen atoms in total. The van der Waals surface area contributed by atoms with Crippen molar-refractivity contribution >= 4 is 16.9 Å². The Morgan fingerprint density at radius 3 is 2.68 bits per heavy atom. The molecular weight excluding hydrogens is 390 g/mol. The minimum absolute atomic E-state index is 0.00576. The highest BCUT2D eigenvalue weighted by atomic mass is 16.1. The van der Waals surface area contributed by atoms with Gasteiger partial charge in [-0.25, -0.2) is 9.67 Å². The topological polar surface area (TPSA) is 81.8 Å². The van der Waals surface area contributed by atoms with Gasteiger partial charge in [0, 0.05) is 13.0 Å². The van der Waals surface area contributed by atoms with E-state index in [4.69, 9.17) is 0 Å². The van der Waals surface area contributed by atoms with Crippen molar-refractivity contribution in [3.8, 4) is 0 Å². The monoisotopic (exact) mass is 415 g/mol. The third-order valence-corrected chi connectivity index (χ3v) is 5.19. The van der Waals surface area contributed by atoms with E-state index in [9.17, 15) is 9.59 Å². The number of amides is 1. The number of benzene rings is 2. The number of carbonyl (C=O) groups is 1. The number of rotatable bonds is 8. The summed E-state index contributed by atoms with van der Waals surface area (Å²) in [4.78, 5) is 29.4. The highest BCUT2D eigenvalue weighted by molar-refractivity contribution is 5.76. The zero-order chi connectivity index (χ0) is 21.6. The number of nitrogens with one attached hydrogen (secondary N) is 1. The second-order valence-corrected chi connectivity index (χ2v) is 7.61. The van der Waals surface area contributed by atoms with E-state index in [1.807, 2.05) is 55.5 Å². The maximum atomic E-state index is 12.8. The van der Waals surface area contributed by atoms with Crippen LogP contribution in [0.2, 0.25) is 0 Å². The van der Waals surface area contributed by atoms with Crippen LogP contribution in [0.25, 0.3) is 11.0 Å². The van der Waals surface area contributed by atoms with E-state index in [2.05, 4.69) is 21.5 Å². The van der Waals surface area contributed by atoms with E-state index < -0.39 is 0 Å². The molecule has 0 radical (unpaired) electrons. The molecule has 0 aliphatic carbocycles. The standard InChI is InChI=1S/C24H25N5O2/c1-18-6-5-9-20(14-18)16-28-17-26-23-21(24(28)31)15-27-29(23)13-12-25-22(30)11-10-19-7-3-2-4-8-19/h2-9,14-15,17H,10-13,16H2,1H3,(H,25,30). The van der Waals surface area contributed by atoms with Crippen LogP contribution in [0.15, 0.2) is 71.9 Å². The third kappa shape index (κ3) is 5.06. The molecule has 4 rings (SSSR count). The van der Waals surface area contributed by atoms with E-state index in [1.54, 1.807) is 21.8 Å². The molecule has 0 atom stereocenters. The molecule has 1 amide bonds. The summed E-state index contributed by atoms with van der Waals surface area (Å²) in [6.07, 6.45) is 4.25. The summed E-state index contributed by atoms with van der Waals surface area (Å²) in [5.74, 6) is -0.00576. The van der Waals surface area contributed by atoms with Gasteiger partial charge in [-0.1, -0.05) is 60.2 Å². The molecule has 0 spiro atoms.